The maximum absolute atomic E-state index is 13.4. The summed E-state index contributed by atoms with van der Waals surface area (Å²) in [5, 5.41) is 10.2. The summed E-state index contributed by atoms with van der Waals surface area (Å²) in [4.78, 5) is 2.65. The Bertz CT molecular complexity index is 1170. The van der Waals surface area contributed by atoms with Gasteiger partial charge in [-0.05, 0) is 48.2 Å². The van der Waals surface area contributed by atoms with Crippen LogP contribution in [0.5, 0.6) is 0 Å². The van der Waals surface area contributed by atoms with E-state index in [4.69, 9.17) is 0 Å². The number of nitrogens with zero attached hydrogens (tertiary/aromatic N) is 2. The molecule has 0 bridgehead atoms. The topological polar surface area (TPSA) is 60.9 Å². The Kier molecular flexibility index (Phi) is 6.34. The number of hydrogen-bond donors (Lipinski definition) is 1. The first-order valence-corrected chi connectivity index (χ1v) is 13.1. The molecule has 2 fully saturated rings. The maximum Gasteiger partial charge on any atom is 0.243 e. The lowest BCUT2D eigenvalue weighted by molar-refractivity contribution is -0.0553. The van der Waals surface area contributed by atoms with Crippen molar-refractivity contribution in [3.63, 3.8) is 0 Å². The molecule has 0 aliphatic carbocycles. The van der Waals surface area contributed by atoms with Gasteiger partial charge in [0.15, 0.2) is 0 Å². The average molecular weight is 463 g/mol. The summed E-state index contributed by atoms with van der Waals surface area (Å²) in [7, 11) is -3.55. The van der Waals surface area contributed by atoms with Crippen molar-refractivity contribution < 1.29 is 13.5 Å². The van der Waals surface area contributed by atoms with Gasteiger partial charge in [0.05, 0.1) is 11.5 Å². The number of rotatable bonds is 5. The molecule has 33 heavy (non-hydrogen) atoms. The fraction of sp³-hybridized carbons (Fsp3) is 0.333. The monoisotopic (exact) mass is 462 g/mol. The van der Waals surface area contributed by atoms with Crippen LogP contribution in [0.1, 0.15) is 24.3 Å². The van der Waals surface area contributed by atoms with Crippen LogP contribution in [0.25, 0.3) is 11.1 Å². The summed E-state index contributed by atoms with van der Waals surface area (Å²) in [6.07, 6.45) is 1.75. The lowest BCUT2D eigenvalue weighted by Gasteiger charge is -2.57. The molecular formula is C27H30N2O3S. The first kappa shape index (κ1) is 22.3. The largest absolute Gasteiger partial charge is 0.395 e. The van der Waals surface area contributed by atoms with Gasteiger partial charge in [0.2, 0.25) is 10.0 Å². The first-order valence-electron chi connectivity index (χ1n) is 11.7. The van der Waals surface area contributed by atoms with Crippen LogP contribution < -0.4 is 0 Å². The van der Waals surface area contributed by atoms with Gasteiger partial charge in [-0.25, -0.2) is 8.42 Å². The number of hydrogen-bond acceptors (Lipinski definition) is 4. The highest BCUT2D eigenvalue weighted by atomic mass is 32.2. The molecule has 0 amide bonds. The second-order valence-corrected chi connectivity index (χ2v) is 10.9. The summed E-state index contributed by atoms with van der Waals surface area (Å²) in [5.74, 6) is 0.103. The molecule has 3 aromatic carbocycles. The molecule has 2 heterocycles. The van der Waals surface area contributed by atoms with Crippen molar-refractivity contribution in [3.8, 4) is 11.1 Å². The molecule has 3 atom stereocenters. The summed E-state index contributed by atoms with van der Waals surface area (Å²) in [6.45, 7) is 1.95. The van der Waals surface area contributed by atoms with E-state index in [1.54, 1.807) is 28.6 Å². The van der Waals surface area contributed by atoms with Gasteiger partial charge < -0.3 is 5.11 Å². The quantitative estimate of drug-likeness (QED) is 0.623. The lowest BCUT2D eigenvalue weighted by atomic mass is 9.74. The van der Waals surface area contributed by atoms with E-state index in [2.05, 4.69) is 41.3 Å². The van der Waals surface area contributed by atoms with Gasteiger partial charge in [-0.3, -0.25) is 4.90 Å². The highest BCUT2D eigenvalue weighted by molar-refractivity contribution is 7.89. The molecule has 5 nitrogen and oxygen atoms in total. The van der Waals surface area contributed by atoms with Crippen LogP contribution in [0.4, 0.5) is 0 Å². The minimum atomic E-state index is -3.55. The normalized spacial score (nSPS) is 24.3. The minimum absolute atomic E-state index is 0.0250. The van der Waals surface area contributed by atoms with Crippen LogP contribution in [0, 0.1) is 0 Å². The molecule has 6 heteroatoms. The molecule has 5 rings (SSSR count). The molecule has 2 saturated heterocycles. The third-order valence-corrected chi connectivity index (χ3v) is 9.00. The van der Waals surface area contributed by atoms with Gasteiger partial charge >= 0.3 is 0 Å². The van der Waals surface area contributed by atoms with E-state index in [9.17, 15) is 13.5 Å². The molecule has 0 spiro atoms. The molecule has 0 saturated carbocycles. The SMILES string of the molecule is O=S(=O)(c1ccccc1)N1CCCCN2[C@H](C1)[C@@H](c1ccc(-c3ccccc3)cc1)[C@@H]2CO. The third-order valence-electron chi connectivity index (χ3n) is 7.12. The second kappa shape index (κ2) is 9.39. The summed E-state index contributed by atoms with van der Waals surface area (Å²) in [6, 6.07) is 27.6. The Morgan fingerprint density at radius 3 is 2.06 bits per heavy atom. The van der Waals surface area contributed by atoms with Crippen molar-refractivity contribution in [1.82, 2.24) is 9.21 Å². The maximum atomic E-state index is 13.4. The van der Waals surface area contributed by atoms with Crippen molar-refractivity contribution in [2.45, 2.75) is 35.7 Å². The fourth-order valence-electron chi connectivity index (χ4n) is 5.40. The van der Waals surface area contributed by atoms with E-state index in [0.29, 0.717) is 18.0 Å². The average Bonchev–Trinajstić information content (AvgIpc) is 2.84. The molecule has 0 radical (unpaired) electrons. The molecule has 1 N–H and O–H groups in total. The Morgan fingerprint density at radius 1 is 0.788 bits per heavy atom. The zero-order valence-electron chi connectivity index (χ0n) is 18.6. The number of sulfonamides is 1. The molecule has 172 valence electrons. The Hall–Kier alpha value is -2.51. The van der Waals surface area contributed by atoms with Crippen LogP contribution in [0.2, 0.25) is 0 Å². The Balaban J connectivity index is 1.42. The molecule has 2 aliphatic heterocycles. The number of benzene rings is 3. The van der Waals surface area contributed by atoms with Crippen molar-refractivity contribution in [2.75, 3.05) is 26.2 Å². The standard InChI is InChI=1S/C27H30N2O3S/c30-20-26-27(23-15-13-22(14-16-23)21-9-3-1-4-10-21)25-19-28(17-7-8-18-29(25)26)33(31,32)24-11-5-2-6-12-24/h1-6,9-16,25-27,30H,7-8,17-20H2/t25-,26+,27-/m1/s1. The molecule has 2 aliphatic rings. The number of aliphatic hydroxyl groups is 1. The van der Waals surface area contributed by atoms with Gasteiger partial charge in [0.25, 0.3) is 0 Å². The predicted octanol–water partition coefficient (Wildman–Crippen LogP) is 3.97. The van der Waals surface area contributed by atoms with Crippen LogP contribution in [-0.4, -0.2) is 61.1 Å². The van der Waals surface area contributed by atoms with Gasteiger partial charge in [0, 0.05) is 31.1 Å². The van der Waals surface area contributed by atoms with Crippen LogP contribution in [0.15, 0.2) is 89.8 Å². The number of fused-ring (bicyclic) bond motifs is 1. The zero-order valence-corrected chi connectivity index (χ0v) is 19.4. The Morgan fingerprint density at radius 2 is 1.39 bits per heavy atom. The van der Waals surface area contributed by atoms with E-state index < -0.39 is 10.0 Å². The lowest BCUT2D eigenvalue weighted by Crippen LogP contribution is -2.67. The van der Waals surface area contributed by atoms with E-state index in [1.165, 1.54) is 5.56 Å². The summed E-state index contributed by atoms with van der Waals surface area (Å²) in [5.41, 5.74) is 3.48. The van der Waals surface area contributed by atoms with Gasteiger partial charge in [0.1, 0.15) is 0 Å². The molecule has 0 aromatic heterocycles. The summed E-state index contributed by atoms with van der Waals surface area (Å²) >= 11 is 0. The van der Waals surface area contributed by atoms with Crippen molar-refractivity contribution in [2.24, 2.45) is 0 Å². The highest BCUT2D eigenvalue weighted by Crippen LogP contribution is 2.43. The van der Waals surface area contributed by atoms with E-state index in [0.717, 1.165) is 30.5 Å². The molecule has 0 unspecified atom stereocenters. The predicted molar refractivity (Wildman–Crippen MR) is 130 cm³/mol. The van der Waals surface area contributed by atoms with E-state index in [-0.39, 0.29) is 24.6 Å². The van der Waals surface area contributed by atoms with Crippen LogP contribution in [0.3, 0.4) is 0 Å². The van der Waals surface area contributed by atoms with E-state index >= 15 is 0 Å². The van der Waals surface area contributed by atoms with Crippen molar-refractivity contribution in [1.29, 1.82) is 0 Å². The smallest absolute Gasteiger partial charge is 0.243 e. The van der Waals surface area contributed by atoms with Gasteiger partial charge in [-0.1, -0.05) is 72.8 Å². The first-order chi connectivity index (χ1) is 16.1. The van der Waals surface area contributed by atoms with Crippen molar-refractivity contribution in [3.05, 3.63) is 90.5 Å². The fourth-order valence-corrected chi connectivity index (χ4v) is 6.91. The van der Waals surface area contributed by atoms with Crippen molar-refractivity contribution >= 4 is 10.0 Å². The highest BCUT2D eigenvalue weighted by Gasteiger charge is 2.50. The van der Waals surface area contributed by atoms with Gasteiger partial charge in [-0.15, -0.1) is 0 Å². The van der Waals surface area contributed by atoms with E-state index in [1.807, 2.05) is 24.3 Å². The second-order valence-electron chi connectivity index (χ2n) is 8.95. The third kappa shape index (κ3) is 4.24. The Labute approximate surface area is 196 Å². The number of aliphatic hydroxyl groups excluding tert-OH is 1. The van der Waals surface area contributed by atoms with Gasteiger partial charge in [-0.2, -0.15) is 4.31 Å². The molecule has 3 aromatic rings. The van der Waals surface area contributed by atoms with Crippen LogP contribution in [-0.2, 0) is 10.0 Å². The summed E-state index contributed by atoms with van der Waals surface area (Å²) < 4.78 is 28.4. The molecular weight excluding hydrogens is 432 g/mol. The van der Waals surface area contributed by atoms with Crippen LogP contribution >= 0.6 is 0 Å². The minimum Gasteiger partial charge on any atom is -0.395 e. The zero-order chi connectivity index (χ0) is 22.8.